The molecule has 6 heteroatoms. The van der Waals surface area contributed by atoms with Gasteiger partial charge in [-0.3, -0.25) is 4.79 Å². The van der Waals surface area contributed by atoms with E-state index in [0.29, 0.717) is 22.0 Å². The molecule has 2 rings (SSSR count). The summed E-state index contributed by atoms with van der Waals surface area (Å²) in [4.78, 5) is 11.4. The standard InChI is InChI=1S/C13H11BrClN3O/c14-9-6-7(4-5-10(9)15)18-12-8(13(17)19)2-1-3-11(12)16/h1-6,18H,16H2,(H2,17,19). The van der Waals surface area contributed by atoms with E-state index in [9.17, 15) is 4.79 Å². The van der Waals surface area contributed by atoms with Crippen molar-refractivity contribution in [2.75, 3.05) is 11.1 Å². The van der Waals surface area contributed by atoms with Crippen molar-refractivity contribution >= 4 is 50.5 Å². The molecule has 98 valence electrons. The molecule has 5 N–H and O–H groups in total. The second kappa shape index (κ2) is 5.50. The molecule has 1 amide bonds. The van der Waals surface area contributed by atoms with Crippen LogP contribution in [0.25, 0.3) is 0 Å². The first-order valence-corrected chi connectivity index (χ1v) is 6.56. The predicted octanol–water partition coefficient (Wildman–Crippen LogP) is 3.53. The van der Waals surface area contributed by atoms with E-state index < -0.39 is 5.91 Å². The number of hydrogen-bond acceptors (Lipinski definition) is 3. The molecule has 0 saturated carbocycles. The third kappa shape index (κ3) is 3.00. The van der Waals surface area contributed by atoms with Crippen LogP contribution in [0, 0.1) is 0 Å². The van der Waals surface area contributed by atoms with Crippen molar-refractivity contribution in [2.45, 2.75) is 0 Å². The van der Waals surface area contributed by atoms with Gasteiger partial charge in [-0.25, -0.2) is 0 Å². The molecule has 0 aliphatic carbocycles. The lowest BCUT2D eigenvalue weighted by molar-refractivity contribution is 0.100. The fourth-order valence-electron chi connectivity index (χ4n) is 1.63. The fraction of sp³-hybridized carbons (Fsp3) is 0. The van der Waals surface area contributed by atoms with E-state index >= 15 is 0 Å². The van der Waals surface area contributed by atoms with Gasteiger partial charge in [0.05, 0.1) is 22.0 Å². The predicted molar refractivity (Wildman–Crippen MR) is 81.8 cm³/mol. The number of nitrogens with one attached hydrogen (secondary N) is 1. The Bertz CT molecular complexity index is 646. The highest BCUT2D eigenvalue weighted by Gasteiger charge is 2.11. The molecule has 0 bridgehead atoms. The van der Waals surface area contributed by atoms with Crippen molar-refractivity contribution in [1.29, 1.82) is 0 Å². The number of para-hydroxylation sites is 1. The Labute approximate surface area is 123 Å². The number of amides is 1. The maximum absolute atomic E-state index is 11.4. The number of anilines is 3. The minimum absolute atomic E-state index is 0.339. The van der Waals surface area contributed by atoms with Crippen LogP contribution in [0.4, 0.5) is 17.1 Å². The summed E-state index contributed by atoms with van der Waals surface area (Å²) in [6.45, 7) is 0. The number of nitrogens with two attached hydrogens (primary N) is 2. The first-order valence-electron chi connectivity index (χ1n) is 5.39. The van der Waals surface area contributed by atoms with Crippen LogP contribution in [0.3, 0.4) is 0 Å². The third-order valence-electron chi connectivity index (χ3n) is 2.55. The highest BCUT2D eigenvalue weighted by atomic mass is 79.9. The van der Waals surface area contributed by atoms with E-state index in [1.807, 2.05) is 0 Å². The summed E-state index contributed by atoms with van der Waals surface area (Å²) in [5.74, 6) is -0.539. The normalized spacial score (nSPS) is 10.2. The molecule has 19 heavy (non-hydrogen) atoms. The van der Waals surface area contributed by atoms with Crippen molar-refractivity contribution in [1.82, 2.24) is 0 Å². The summed E-state index contributed by atoms with van der Waals surface area (Å²) in [6.07, 6.45) is 0. The van der Waals surface area contributed by atoms with Crippen molar-refractivity contribution in [3.05, 3.63) is 51.5 Å². The van der Waals surface area contributed by atoms with E-state index in [-0.39, 0.29) is 0 Å². The zero-order valence-corrected chi connectivity index (χ0v) is 12.1. The number of hydrogen-bond donors (Lipinski definition) is 3. The Balaban J connectivity index is 2.42. The highest BCUT2D eigenvalue weighted by molar-refractivity contribution is 9.10. The van der Waals surface area contributed by atoms with Gasteiger partial charge in [0, 0.05) is 10.2 Å². The molecule has 0 fully saturated rings. The number of rotatable bonds is 3. The van der Waals surface area contributed by atoms with Gasteiger partial charge in [0.2, 0.25) is 0 Å². The van der Waals surface area contributed by atoms with E-state index in [2.05, 4.69) is 21.2 Å². The molecular weight excluding hydrogens is 330 g/mol. The lowest BCUT2D eigenvalue weighted by atomic mass is 10.1. The number of nitrogen functional groups attached to an aromatic ring is 1. The van der Waals surface area contributed by atoms with Crippen LogP contribution < -0.4 is 16.8 Å². The summed E-state index contributed by atoms with van der Waals surface area (Å²) >= 11 is 9.25. The largest absolute Gasteiger partial charge is 0.397 e. The number of carbonyl (C=O) groups is 1. The molecular formula is C13H11BrClN3O. The Morgan fingerprint density at radius 1 is 1.26 bits per heavy atom. The number of benzene rings is 2. The molecule has 2 aromatic carbocycles. The average Bonchev–Trinajstić information content (AvgIpc) is 2.36. The number of primary amides is 1. The van der Waals surface area contributed by atoms with Gasteiger partial charge in [0.15, 0.2) is 0 Å². The van der Waals surface area contributed by atoms with E-state index in [0.717, 1.165) is 10.2 Å². The van der Waals surface area contributed by atoms with Crippen LogP contribution in [0.15, 0.2) is 40.9 Å². The molecule has 0 unspecified atom stereocenters. The Morgan fingerprint density at radius 3 is 2.63 bits per heavy atom. The van der Waals surface area contributed by atoms with Gasteiger partial charge in [-0.2, -0.15) is 0 Å². The molecule has 0 heterocycles. The lowest BCUT2D eigenvalue weighted by Crippen LogP contribution is -2.14. The second-order valence-corrected chi connectivity index (χ2v) is 5.15. The van der Waals surface area contributed by atoms with Crippen LogP contribution in [0.2, 0.25) is 5.02 Å². The lowest BCUT2D eigenvalue weighted by Gasteiger charge is -2.13. The van der Waals surface area contributed by atoms with Gasteiger partial charge in [-0.15, -0.1) is 0 Å². The molecule has 0 aliphatic rings. The van der Waals surface area contributed by atoms with E-state index in [1.165, 1.54) is 0 Å². The maximum Gasteiger partial charge on any atom is 0.250 e. The highest BCUT2D eigenvalue weighted by Crippen LogP contribution is 2.31. The van der Waals surface area contributed by atoms with Gasteiger partial charge in [0.25, 0.3) is 5.91 Å². The molecule has 0 saturated heterocycles. The maximum atomic E-state index is 11.4. The van der Waals surface area contributed by atoms with Crippen molar-refractivity contribution in [3.63, 3.8) is 0 Å². The first kappa shape index (κ1) is 13.7. The van der Waals surface area contributed by atoms with Gasteiger partial charge in [-0.1, -0.05) is 17.7 Å². The van der Waals surface area contributed by atoms with Crippen LogP contribution in [0.1, 0.15) is 10.4 Å². The molecule has 0 atom stereocenters. The summed E-state index contributed by atoms with van der Waals surface area (Å²) in [5.41, 5.74) is 13.2. The topological polar surface area (TPSA) is 81.1 Å². The van der Waals surface area contributed by atoms with E-state index in [4.69, 9.17) is 23.1 Å². The van der Waals surface area contributed by atoms with Gasteiger partial charge in [-0.05, 0) is 46.3 Å². The van der Waals surface area contributed by atoms with E-state index in [1.54, 1.807) is 36.4 Å². The summed E-state index contributed by atoms with van der Waals surface area (Å²) in [6, 6.07) is 10.3. The number of carbonyl (C=O) groups excluding carboxylic acids is 1. The second-order valence-electron chi connectivity index (χ2n) is 3.89. The first-order chi connectivity index (χ1) is 8.99. The Hall–Kier alpha value is -1.72. The quantitative estimate of drug-likeness (QED) is 0.748. The van der Waals surface area contributed by atoms with Crippen molar-refractivity contribution in [3.8, 4) is 0 Å². The smallest absolute Gasteiger partial charge is 0.250 e. The fourth-order valence-corrected chi connectivity index (χ4v) is 2.13. The minimum Gasteiger partial charge on any atom is -0.397 e. The van der Waals surface area contributed by atoms with Crippen LogP contribution in [-0.4, -0.2) is 5.91 Å². The molecule has 0 spiro atoms. The minimum atomic E-state index is -0.539. The summed E-state index contributed by atoms with van der Waals surface area (Å²) in [7, 11) is 0. The van der Waals surface area contributed by atoms with Crippen molar-refractivity contribution < 1.29 is 4.79 Å². The van der Waals surface area contributed by atoms with Crippen LogP contribution in [-0.2, 0) is 0 Å². The zero-order chi connectivity index (χ0) is 14.0. The SMILES string of the molecule is NC(=O)c1cccc(N)c1Nc1ccc(Cl)c(Br)c1. The molecule has 2 aromatic rings. The third-order valence-corrected chi connectivity index (χ3v) is 3.77. The van der Waals surface area contributed by atoms with Crippen LogP contribution >= 0.6 is 27.5 Å². The molecule has 0 aliphatic heterocycles. The summed E-state index contributed by atoms with van der Waals surface area (Å²) in [5, 5.41) is 3.67. The number of halogens is 2. The average molecular weight is 341 g/mol. The Morgan fingerprint density at radius 2 is 2.00 bits per heavy atom. The van der Waals surface area contributed by atoms with Gasteiger partial charge in [0.1, 0.15) is 0 Å². The zero-order valence-electron chi connectivity index (χ0n) is 9.78. The monoisotopic (exact) mass is 339 g/mol. The van der Waals surface area contributed by atoms with Gasteiger partial charge >= 0.3 is 0 Å². The summed E-state index contributed by atoms with van der Waals surface area (Å²) < 4.78 is 0.745. The van der Waals surface area contributed by atoms with Gasteiger partial charge < -0.3 is 16.8 Å². The van der Waals surface area contributed by atoms with Crippen molar-refractivity contribution in [2.24, 2.45) is 5.73 Å². The molecule has 0 radical (unpaired) electrons. The molecule has 4 nitrogen and oxygen atoms in total. The van der Waals surface area contributed by atoms with Crippen LogP contribution in [0.5, 0.6) is 0 Å². The molecule has 0 aromatic heterocycles. The Kier molecular flexibility index (Phi) is 3.97.